The number of alkyl carbamates (subject to hydrolysis) is 1. The number of ether oxygens (including phenoxy) is 1. The maximum absolute atomic E-state index is 12.2. The lowest BCUT2D eigenvalue weighted by Crippen LogP contribution is -2.41. The van der Waals surface area contributed by atoms with Crippen LogP contribution in [0.1, 0.15) is 29.9 Å². The van der Waals surface area contributed by atoms with Crippen LogP contribution in [-0.4, -0.2) is 36.4 Å². The van der Waals surface area contributed by atoms with Crippen LogP contribution in [0.25, 0.3) is 21.6 Å². The zero-order chi connectivity index (χ0) is 20.6. The molecule has 0 saturated heterocycles. The van der Waals surface area contributed by atoms with Crippen molar-refractivity contribution < 1.29 is 19.4 Å². The second kappa shape index (κ2) is 9.48. The topological polar surface area (TPSA) is 136 Å². The van der Waals surface area contributed by atoms with Gasteiger partial charge in [0.15, 0.2) is 0 Å². The van der Waals surface area contributed by atoms with Gasteiger partial charge in [-0.1, -0.05) is 48.5 Å². The molecule has 3 rings (SSSR count). The largest absolute Gasteiger partial charge is 0.480 e. The van der Waals surface area contributed by atoms with E-state index in [0.29, 0.717) is 13.0 Å². The molecule has 0 unspecified atom stereocenters. The molecular weight excluding hydrogens is 374 g/mol. The van der Waals surface area contributed by atoms with E-state index in [1.54, 1.807) is 0 Å². The van der Waals surface area contributed by atoms with Crippen LogP contribution in [0, 0.1) is 0 Å². The number of carbonyl (C=O) groups is 2. The highest BCUT2D eigenvalue weighted by Crippen LogP contribution is 2.44. The molecule has 3 N–H and O–H groups in total. The van der Waals surface area contributed by atoms with Crippen molar-refractivity contribution in [1.29, 1.82) is 0 Å². The molecule has 0 saturated carbocycles. The van der Waals surface area contributed by atoms with Crippen molar-refractivity contribution in [2.24, 2.45) is 5.22 Å². The molecule has 2 aromatic carbocycles. The molecule has 0 heterocycles. The summed E-state index contributed by atoms with van der Waals surface area (Å²) in [6.45, 7) is 0.421. The van der Waals surface area contributed by atoms with Crippen molar-refractivity contribution in [1.82, 2.24) is 10.7 Å². The number of hydrogen-bond acceptors (Lipinski definition) is 4. The van der Waals surface area contributed by atoms with Crippen molar-refractivity contribution in [3.05, 3.63) is 70.1 Å². The van der Waals surface area contributed by atoms with Gasteiger partial charge in [0.25, 0.3) is 0 Å². The Morgan fingerprint density at radius 2 is 1.76 bits per heavy atom. The number of carboxylic acid groups (broad SMARTS) is 1. The van der Waals surface area contributed by atoms with E-state index in [1.165, 1.54) is 0 Å². The highest BCUT2D eigenvalue weighted by Gasteiger charge is 2.29. The number of amides is 1. The van der Waals surface area contributed by atoms with Crippen molar-refractivity contribution in [2.75, 3.05) is 13.2 Å². The SMILES string of the molecule is [N-]=[N+]=NNCCC[C@H](NC(=O)OCC1c2ccccc2-c2ccccc21)C(=O)O. The van der Waals surface area contributed by atoms with Gasteiger partial charge in [0.05, 0.1) is 6.54 Å². The number of azide groups is 1. The van der Waals surface area contributed by atoms with Crippen molar-refractivity contribution in [3.63, 3.8) is 0 Å². The first-order valence-electron chi connectivity index (χ1n) is 9.23. The van der Waals surface area contributed by atoms with Crippen LogP contribution in [-0.2, 0) is 9.53 Å². The fraction of sp³-hybridized carbons (Fsp3) is 0.300. The fourth-order valence-corrected chi connectivity index (χ4v) is 3.51. The Balaban J connectivity index is 1.58. The Labute approximate surface area is 167 Å². The fourth-order valence-electron chi connectivity index (χ4n) is 3.51. The zero-order valence-electron chi connectivity index (χ0n) is 15.6. The molecule has 1 amide bonds. The lowest BCUT2D eigenvalue weighted by atomic mass is 9.98. The van der Waals surface area contributed by atoms with E-state index in [2.05, 4.69) is 20.9 Å². The summed E-state index contributed by atoms with van der Waals surface area (Å²) in [5.41, 5.74) is 15.0. The first-order valence-corrected chi connectivity index (χ1v) is 9.23. The van der Waals surface area contributed by atoms with Gasteiger partial charge in [-0.2, -0.15) is 4.91 Å². The van der Waals surface area contributed by atoms with E-state index >= 15 is 0 Å². The van der Waals surface area contributed by atoms with Gasteiger partial charge in [0.1, 0.15) is 12.6 Å². The molecule has 0 aliphatic heterocycles. The van der Waals surface area contributed by atoms with Crippen LogP contribution in [0.5, 0.6) is 0 Å². The molecule has 29 heavy (non-hydrogen) atoms. The second-order valence-electron chi connectivity index (χ2n) is 6.60. The molecule has 0 aromatic heterocycles. The average Bonchev–Trinajstić information content (AvgIpc) is 3.05. The van der Waals surface area contributed by atoms with Gasteiger partial charge in [-0.15, -0.1) is 5.53 Å². The van der Waals surface area contributed by atoms with Gasteiger partial charge in [0.2, 0.25) is 0 Å². The number of fused-ring (bicyclic) bond motifs is 3. The van der Waals surface area contributed by atoms with E-state index in [9.17, 15) is 14.7 Å². The van der Waals surface area contributed by atoms with E-state index in [4.69, 9.17) is 10.3 Å². The molecule has 0 bridgehead atoms. The summed E-state index contributed by atoms with van der Waals surface area (Å²) in [7, 11) is 0. The van der Waals surface area contributed by atoms with Gasteiger partial charge < -0.3 is 15.2 Å². The van der Waals surface area contributed by atoms with Crippen molar-refractivity contribution in [2.45, 2.75) is 24.8 Å². The Bertz CT molecular complexity index is 896. The maximum Gasteiger partial charge on any atom is 0.407 e. The number of carboxylic acids is 1. The molecule has 1 aliphatic rings. The summed E-state index contributed by atoms with van der Waals surface area (Å²) in [5.74, 6) is -1.24. The lowest BCUT2D eigenvalue weighted by Gasteiger charge is -2.17. The van der Waals surface area contributed by atoms with E-state index in [1.807, 2.05) is 48.5 Å². The molecule has 0 spiro atoms. The average molecular weight is 395 g/mol. The number of carbonyl (C=O) groups excluding carboxylic acids is 1. The molecular formula is C20H21N5O4. The maximum atomic E-state index is 12.2. The predicted octanol–water partition coefficient (Wildman–Crippen LogP) is 3.57. The number of hydrogen-bond donors (Lipinski definition) is 3. The highest BCUT2D eigenvalue weighted by molar-refractivity contribution is 5.81. The van der Waals surface area contributed by atoms with Gasteiger partial charge in [-0.05, 0) is 40.3 Å². The minimum absolute atomic E-state index is 0.0931. The van der Waals surface area contributed by atoms with Crippen molar-refractivity contribution >= 4 is 12.1 Å². The third-order valence-corrected chi connectivity index (χ3v) is 4.83. The summed E-state index contributed by atoms with van der Waals surface area (Å²) in [5, 5.41) is 14.8. The van der Waals surface area contributed by atoms with Crippen LogP contribution in [0.3, 0.4) is 0 Å². The molecule has 150 valence electrons. The molecule has 1 aliphatic carbocycles. The number of aliphatic carboxylic acids is 1. The first kappa shape index (κ1) is 20.0. The van der Waals surface area contributed by atoms with Gasteiger partial charge in [-0.3, -0.25) is 5.43 Å². The molecule has 9 heteroatoms. The number of benzene rings is 2. The summed E-state index contributed by atoms with van der Waals surface area (Å²) in [6.07, 6.45) is -0.199. The first-order chi connectivity index (χ1) is 14.1. The molecule has 1 atom stereocenters. The Morgan fingerprint density at radius 3 is 2.34 bits per heavy atom. The summed E-state index contributed by atoms with van der Waals surface area (Å²) < 4.78 is 5.37. The minimum Gasteiger partial charge on any atom is -0.480 e. The van der Waals surface area contributed by atoms with Gasteiger partial charge in [0, 0.05) is 5.92 Å². The zero-order valence-corrected chi connectivity index (χ0v) is 15.6. The summed E-state index contributed by atoms with van der Waals surface area (Å²) in [4.78, 5) is 26.1. The molecule has 0 radical (unpaired) electrons. The third kappa shape index (κ3) is 4.77. The molecule has 0 fully saturated rings. The van der Waals surface area contributed by atoms with E-state index in [0.717, 1.165) is 22.3 Å². The Morgan fingerprint density at radius 1 is 1.14 bits per heavy atom. The van der Waals surface area contributed by atoms with Crippen LogP contribution in [0.15, 0.2) is 53.8 Å². The number of nitrogens with zero attached hydrogens (tertiary/aromatic N) is 3. The van der Waals surface area contributed by atoms with Crippen LogP contribution in [0.2, 0.25) is 0 Å². The Hall–Kier alpha value is -3.71. The normalized spacial score (nSPS) is 12.8. The molecule has 2 aromatic rings. The van der Waals surface area contributed by atoms with Crippen molar-refractivity contribution in [3.8, 4) is 11.1 Å². The predicted molar refractivity (Wildman–Crippen MR) is 106 cm³/mol. The smallest absolute Gasteiger partial charge is 0.407 e. The number of rotatable bonds is 9. The monoisotopic (exact) mass is 395 g/mol. The molecule has 9 nitrogen and oxygen atoms in total. The Kier molecular flexibility index (Phi) is 6.55. The quantitative estimate of drug-likeness (QED) is 0.196. The van der Waals surface area contributed by atoms with Gasteiger partial charge >= 0.3 is 12.1 Å². The minimum atomic E-state index is -1.15. The lowest BCUT2D eigenvalue weighted by molar-refractivity contribution is -0.139. The van der Waals surface area contributed by atoms with Crippen LogP contribution in [0.4, 0.5) is 4.79 Å². The summed E-state index contributed by atoms with van der Waals surface area (Å²) >= 11 is 0. The third-order valence-electron chi connectivity index (χ3n) is 4.83. The number of nitrogens with one attached hydrogen (secondary N) is 2. The standard InChI is InChI=1S/C20H21N5O4/c21-24-25-22-11-5-10-18(19(26)27)23-20(28)29-12-17-15-8-3-1-6-13(15)14-7-2-4-9-16(14)17/h1-4,6-9,17-18,22H,5,10-12H2,(H,23,28)(H,26,27)/t18-/m0/s1. The second-order valence-corrected chi connectivity index (χ2v) is 6.60. The summed E-state index contributed by atoms with van der Waals surface area (Å²) in [6, 6.07) is 14.9. The highest BCUT2D eigenvalue weighted by atomic mass is 16.5. The van der Waals surface area contributed by atoms with Crippen LogP contribution < -0.4 is 10.7 Å². The van der Waals surface area contributed by atoms with Crippen LogP contribution >= 0.6 is 0 Å². The van der Waals surface area contributed by atoms with Gasteiger partial charge in [-0.25, -0.2) is 9.59 Å². The van der Waals surface area contributed by atoms with E-state index in [-0.39, 0.29) is 18.9 Å². The van der Waals surface area contributed by atoms with E-state index < -0.39 is 18.1 Å².